The van der Waals surface area contributed by atoms with Crippen LogP contribution < -0.4 is 4.74 Å². The Balaban J connectivity index is 1.52. The fourth-order valence-corrected chi connectivity index (χ4v) is 4.73. The summed E-state index contributed by atoms with van der Waals surface area (Å²) in [6.07, 6.45) is 3.36. The summed E-state index contributed by atoms with van der Waals surface area (Å²) in [6.45, 7) is 6.35. The van der Waals surface area contributed by atoms with Crippen molar-refractivity contribution in [2.45, 2.75) is 40.0 Å². The number of fused-ring (bicyclic) bond motifs is 1. The largest absolute Gasteiger partial charge is 0.422 e. The molecule has 0 N–H and O–H groups in total. The summed E-state index contributed by atoms with van der Waals surface area (Å²) in [5, 5.41) is 0. The van der Waals surface area contributed by atoms with E-state index < -0.39 is 0 Å². The van der Waals surface area contributed by atoms with Gasteiger partial charge in [-0.1, -0.05) is 42.8 Å². The second-order valence-corrected chi connectivity index (χ2v) is 8.78. The van der Waals surface area contributed by atoms with E-state index >= 15 is 0 Å². The maximum Gasteiger partial charge on any atom is 0.353 e. The van der Waals surface area contributed by atoms with Gasteiger partial charge < -0.3 is 4.74 Å². The maximum atomic E-state index is 12.6. The zero-order valence-electron chi connectivity index (χ0n) is 16.0. The molecule has 0 amide bonds. The van der Waals surface area contributed by atoms with E-state index in [-0.39, 0.29) is 5.97 Å². The van der Waals surface area contributed by atoms with E-state index in [1.54, 1.807) is 11.3 Å². The molecular weight excluding hydrogens is 352 g/mol. The molecule has 1 aliphatic carbocycles. The van der Waals surface area contributed by atoms with Crippen molar-refractivity contribution < 1.29 is 9.53 Å². The zero-order valence-corrected chi connectivity index (χ0v) is 16.9. The highest BCUT2D eigenvalue weighted by atomic mass is 32.1. The van der Waals surface area contributed by atoms with Gasteiger partial charge in [0, 0.05) is 4.88 Å². The Morgan fingerprint density at radius 2 is 1.78 bits per heavy atom. The van der Waals surface area contributed by atoms with Crippen molar-refractivity contribution in [2.24, 2.45) is 5.92 Å². The molecule has 0 saturated carbocycles. The first-order valence-corrected chi connectivity index (χ1v) is 10.3. The molecule has 0 saturated heterocycles. The molecule has 0 radical (unpaired) electrons. The molecule has 1 atom stereocenters. The first-order chi connectivity index (χ1) is 13.0. The number of rotatable bonds is 3. The van der Waals surface area contributed by atoms with Crippen LogP contribution in [0.4, 0.5) is 0 Å². The van der Waals surface area contributed by atoms with E-state index in [4.69, 9.17) is 4.74 Å². The van der Waals surface area contributed by atoms with Gasteiger partial charge in [-0.2, -0.15) is 0 Å². The highest BCUT2D eigenvalue weighted by Gasteiger charge is 2.22. The zero-order chi connectivity index (χ0) is 19.0. The van der Waals surface area contributed by atoms with Gasteiger partial charge in [-0.05, 0) is 79.5 Å². The van der Waals surface area contributed by atoms with Gasteiger partial charge in [0.15, 0.2) is 0 Å². The van der Waals surface area contributed by atoms with Crippen molar-refractivity contribution in [1.29, 1.82) is 0 Å². The van der Waals surface area contributed by atoms with Gasteiger partial charge in [-0.3, -0.25) is 0 Å². The van der Waals surface area contributed by atoms with E-state index in [1.165, 1.54) is 28.0 Å². The summed E-state index contributed by atoms with van der Waals surface area (Å²) < 4.78 is 5.72. The minimum atomic E-state index is -0.242. The van der Waals surface area contributed by atoms with Crippen LogP contribution in [0.15, 0.2) is 48.5 Å². The van der Waals surface area contributed by atoms with Gasteiger partial charge in [0.05, 0.1) is 0 Å². The molecule has 0 bridgehead atoms. The molecule has 27 heavy (non-hydrogen) atoms. The molecule has 1 unspecified atom stereocenters. The van der Waals surface area contributed by atoms with Crippen LogP contribution in [-0.4, -0.2) is 5.97 Å². The Morgan fingerprint density at radius 3 is 2.52 bits per heavy atom. The molecule has 138 valence electrons. The highest BCUT2D eigenvalue weighted by molar-refractivity contribution is 7.14. The van der Waals surface area contributed by atoms with Crippen LogP contribution >= 0.6 is 11.3 Å². The predicted octanol–water partition coefficient (Wildman–Crippen LogP) is 6.38. The van der Waals surface area contributed by atoms with Gasteiger partial charge in [0.2, 0.25) is 0 Å². The summed E-state index contributed by atoms with van der Waals surface area (Å²) in [7, 11) is 0. The molecule has 1 aromatic heterocycles. The summed E-state index contributed by atoms with van der Waals surface area (Å²) in [5.41, 5.74) is 5.84. The van der Waals surface area contributed by atoms with Crippen molar-refractivity contribution in [2.75, 3.05) is 0 Å². The Hall–Kier alpha value is -2.39. The summed E-state index contributed by atoms with van der Waals surface area (Å²) in [5.74, 6) is 1.09. The van der Waals surface area contributed by atoms with Crippen LogP contribution in [0.25, 0.3) is 11.1 Å². The average Bonchev–Trinajstić information content (AvgIpc) is 3.07. The van der Waals surface area contributed by atoms with Crippen LogP contribution in [0.2, 0.25) is 0 Å². The number of benzene rings is 2. The Kier molecular flexibility index (Phi) is 4.88. The molecular formula is C24H24O2S. The van der Waals surface area contributed by atoms with Gasteiger partial charge >= 0.3 is 5.97 Å². The fraction of sp³-hybridized carbons (Fsp3) is 0.292. The summed E-state index contributed by atoms with van der Waals surface area (Å²) in [6, 6.07) is 16.5. The van der Waals surface area contributed by atoms with Crippen LogP contribution in [0, 0.1) is 19.8 Å². The van der Waals surface area contributed by atoms with Gasteiger partial charge in [0.25, 0.3) is 0 Å². The Labute approximate surface area is 164 Å². The number of hydrogen-bond donors (Lipinski definition) is 0. The van der Waals surface area contributed by atoms with Crippen LogP contribution in [0.1, 0.15) is 44.6 Å². The number of carbonyl (C=O) groups excluding carboxylic acids is 1. The van der Waals surface area contributed by atoms with Crippen molar-refractivity contribution in [3.8, 4) is 16.9 Å². The predicted molar refractivity (Wildman–Crippen MR) is 112 cm³/mol. The third-order valence-electron chi connectivity index (χ3n) is 5.29. The van der Waals surface area contributed by atoms with E-state index in [9.17, 15) is 4.79 Å². The third kappa shape index (κ3) is 3.84. The van der Waals surface area contributed by atoms with Crippen molar-refractivity contribution in [1.82, 2.24) is 0 Å². The highest BCUT2D eigenvalue weighted by Crippen LogP contribution is 2.33. The maximum absolute atomic E-state index is 12.6. The van der Waals surface area contributed by atoms with Gasteiger partial charge in [-0.15, -0.1) is 11.3 Å². The average molecular weight is 377 g/mol. The molecule has 3 aromatic rings. The van der Waals surface area contributed by atoms with Gasteiger partial charge in [-0.25, -0.2) is 4.79 Å². The van der Waals surface area contributed by atoms with Crippen molar-refractivity contribution in [3.05, 3.63) is 75.0 Å². The number of thiophene rings is 1. The van der Waals surface area contributed by atoms with E-state index in [2.05, 4.69) is 44.2 Å². The second kappa shape index (κ2) is 7.32. The standard InChI is InChI=1S/C24H24O2S/c1-15-4-7-18(8-5-15)19-9-10-21(17(3)13-19)26-24(25)23-14-20-12-16(2)6-11-22(20)27-23/h4-5,7-10,13-14,16H,6,11-12H2,1-3H3. The minimum absolute atomic E-state index is 0.242. The molecule has 1 heterocycles. The minimum Gasteiger partial charge on any atom is -0.422 e. The van der Waals surface area contributed by atoms with Crippen molar-refractivity contribution in [3.63, 3.8) is 0 Å². The number of hydrogen-bond acceptors (Lipinski definition) is 3. The van der Waals surface area contributed by atoms with E-state index in [0.717, 1.165) is 28.8 Å². The molecule has 2 nitrogen and oxygen atoms in total. The Bertz CT molecular complexity index is 982. The van der Waals surface area contributed by atoms with E-state index in [0.29, 0.717) is 11.7 Å². The number of aryl methyl sites for hydroxylation is 3. The van der Waals surface area contributed by atoms with Crippen LogP contribution in [0.5, 0.6) is 5.75 Å². The molecule has 2 aromatic carbocycles. The molecule has 4 rings (SSSR count). The van der Waals surface area contributed by atoms with Crippen LogP contribution in [-0.2, 0) is 12.8 Å². The lowest BCUT2D eigenvalue weighted by atomic mass is 9.90. The lowest BCUT2D eigenvalue weighted by Crippen LogP contribution is -2.08. The van der Waals surface area contributed by atoms with Crippen LogP contribution in [0.3, 0.4) is 0 Å². The Morgan fingerprint density at radius 1 is 1.04 bits per heavy atom. The normalized spacial score (nSPS) is 16.0. The summed E-state index contributed by atoms with van der Waals surface area (Å²) in [4.78, 5) is 14.7. The molecule has 0 aliphatic heterocycles. The molecule has 0 fully saturated rings. The van der Waals surface area contributed by atoms with Gasteiger partial charge in [0.1, 0.15) is 10.6 Å². The lowest BCUT2D eigenvalue weighted by Gasteiger charge is -2.16. The number of esters is 1. The number of ether oxygens (including phenoxy) is 1. The second-order valence-electron chi connectivity index (χ2n) is 7.64. The van der Waals surface area contributed by atoms with Crippen molar-refractivity contribution >= 4 is 17.3 Å². The smallest absolute Gasteiger partial charge is 0.353 e. The SMILES string of the molecule is Cc1ccc(-c2ccc(OC(=O)c3cc4c(s3)CCC(C)C4)c(C)c2)cc1. The molecule has 1 aliphatic rings. The number of carbonyl (C=O) groups is 1. The molecule has 0 spiro atoms. The quantitative estimate of drug-likeness (QED) is 0.392. The third-order valence-corrected chi connectivity index (χ3v) is 6.51. The lowest BCUT2D eigenvalue weighted by molar-refractivity contribution is 0.0738. The van der Waals surface area contributed by atoms with E-state index in [1.807, 2.05) is 25.1 Å². The first kappa shape index (κ1) is 18.0. The molecule has 3 heteroatoms. The first-order valence-electron chi connectivity index (χ1n) is 9.51. The summed E-state index contributed by atoms with van der Waals surface area (Å²) >= 11 is 1.60. The fourth-order valence-electron chi connectivity index (χ4n) is 3.65. The topological polar surface area (TPSA) is 26.3 Å². The monoisotopic (exact) mass is 376 g/mol.